The number of aromatic hydroxyl groups is 1. The van der Waals surface area contributed by atoms with E-state index in [4.69, 9.17) is 4.74 Å². The van der Waals surface area contributed by atoms with E-state index in [2.05, 4.69) is 5.10 Å². The Labute approximate surface area is 199 Å². The molecule has 2 unspecified atom stereocenters. The molecule has 35 heavy (non-hydrogen) atoms. The Hall–Kier alpha value is -4.27. The number of ether oxygens (including phenoxy) is 1. The molecule has 178 valence electrons. The van der Waals surface area contributed by atoms with Crippen molar-refractivity contribution in [2.45, 2.75) is 12.5 Å². The van der Waals surface area contributed by atoms with Crippen LogP contribution in [-0.4, -0.2) is 47.2 Å². The molecule has 1 N–H and O–H groups in total. The smallest absolute Gasteiger partial charge is 0.255 e. The van der Waals surface area contributed by atoms with Crippen molar-refractivity contribution < 1.29 is 28.2 Å². The van der Waals surface area contributed by atoms with Gasteiger partial charge in [0.25, 0.3) is 5.91 Å². The fourth-order valence-electron chi connectivity index (χ4n) is 4.53. The summed E-state index contributed by atoms with van der Waals surface area (Å²) in [5.74, 6) is -2.86. The number of para-hydroxylation sites is 1. The number of amides is 2. The molecular weight excluding hydrogens is 456 g/mol. The number of carbonyl (C=O) groups excluding carboxylic acids is 2. The van der Waals surface area contributed by atoms with Gasteiger partial charge >= 0.3 is 0 Å². The maximum absolute atomic E-state index is 14.0. The first-order valence-electron chi connectivity index (χ1n) is 11.0. The van der Waals surface area contributed by atoms with Gasteiger partial charge in [0.1, 0.15) is 23.6 Å². The lowest BCUT2D eigenvalue weighted by atomic mass is 9.92. The number of methoxy groups -OCH3 is 1. The number of imide groups is 1. The molecule has 0 aliphatic carbocycles. The van der Waals surface area contributed by atoms with Gasteiger partial charge in [-0.3, -0.25) is 19.5 Å². The molecule has 2 aliphatic heterocycles. The van der Waals surface area contributed by atoms with Crippen LogP contribution in [0.5, 0.6) is 11.5 Å². The van der Waals surface area contributed by atoms with E-state index in [1.54, 1.807) is 36.4 Å². The van der Waals surface area contributed by atoms with Crippen LogP contribution in [0, 0.1) is 17.6 Å². The molecule has 2 aliphatic rings. The van der Waals surface area contributed by atoms with Gasteiger partial charge in [-0.05, 0) is 54.4 Å². The highest BCUT2D eigenvalue weighted by Crippen LogP contribution is 2.41. The second-order valence-corrected chi connectivity index (χ2v) is 8.29. The molecule has 9 heteroatoms. The predicted molar refractivity (Wildman–Crippen MR) is 124 cm³/mol. The molecule has 2 atom stereocenters. The number of nitrogens with zero attached hydrogens (tertiary/aromatic N) is 3. The SMILES string of the molecule is COc1cccc(C2=NN(c3cccc(F)c3)C3C(=O)N(CCc4ccc(F)cc4)C(=O)C23)c1O. The van der Waals surface area contributed by atoms with Crippen LogP contribution in [0.15, 0.2) is 71.8 Å². The van der Waals surface area contributed by atoms with Crippen molar-refractivity contribution in [2.75, 3.05) is 18.7 Å². The number of phenolic OH excluding ortho intramolecular Hbond substituents is 1. The average molecular weight is 477 g/mol. The van der Waals surface area contributed by atoms with E-state index in [1.807, 2.05) is 0 Å². The van der Waals surface area contributed by atoms with Gasteiger partial charge in [-0.2, -0.15) is 5.10 Å². The van der Waals surface area contributed by atoms with Gasteiger partial charge < -0.3 is 9.84 Å². The van der Waals surface area contributed by atoms with E-state index in [0.29, 0.717) is 12.1 Å². The third-order valence-corrected chi connectivity index (χ3v) is 6.25. The number of hydrazone groups is 1. The number of anilines is 1. The van der Waals surface area contributed by atoms with Crippen molar-refractivity contribution in [3.8, 4) is 11.5 Å². The van der Waals surface area contributed by atoms with Gasteiger partial charge in [-0.15, -0.1) is 0 Å². The topological polar surface area (TPSA) is 82.4 Å². The van der Waals surface area contributed by atoms with Crippen LogP contribution in [0.2, 0.25) is 0 Å². The summed E-state index contributed by atoms with van der Waals surface area (Å²) in [6, 6.07) is 15.2. The van der Waals surface area contributed by atoms with Gasteiger partial charge in [0.2, 0.25) is 5.91 Å². The Bertz CT molecular complexity index is 1340. The predicted octanol–water partition coefficient (Wildman–Crippen LogP) is 3.50. The molecule has 2 heterocycles. The third-order valence-electron chi connectivity index (χ3n) is 6.25. The Morgan fingerprint density at radius 3 is 2.43 bits per heavy atom. The summed E-state index contributed by atoms with van der Waals surface area (Å²) in [6.45, 7) is 0.0880. The van der Waals surface area contributed by atoms with Crippen LogP contribution >= 0.6 is 0 Å². The van der Waals surface area contributed by atoms with Gasteiger partial charge in [-0.25, -0.2) is 8.78 Å². The van der Waals surface area contributed by atoms with E-state index in [0.717, 1.165) is 10.5 Å². The lowest BCUT2D eigenvalue weighted by molar-refractivity contribution is -0.139. The maximum Gasteiger partial charge on any atom is 0.255 e. The molecule has 0 saturated carbocycles. The lowest BCUT2D eigenvalue weighted by Gasteiger charge is -2.22. The lowest BCUT2D eigenvalue weighted by Crippen LogP contribution is -2.39. The molecule has 0 spiro atoms. The average Bonchev–Trinajstić information content (AvgIpc) is 3.36. The minimum Gasteiger partial charge on any atom is -0.504 e. The zero-order valence-corrected chi connectivity index (χ0v) is 18.7. The number of fused-ring (bicyclic) bond motifs is 1. The van der Waals surface area contributed by atoms with E-state index < -0.39 is 29.6 Å². The monoisotopic (exact) mass is 477 g/mol. The molecular formula is C26H21F2N3O4. The number of rotatable bonds is 6. The maximum atomic E-state index is 14.0. The highest BCUT2D eigenvalue weighted by atomic mass is 19.1. The van der Waals surface area contributed by atoms with Crippen LogP contribution in [0.25, 0.3) is 0 Å². The first-order chi connectivity index (χ1) is 16.9. The second kappa shape index (κ2) is 8.83. The number of carbonyl (C=O) groups is 2. The molecule has 1 fully saturated rings. The Morgan fingerprint density at radius 1 is 0.971 bits per heavy atom. The summed E-state index contributed by atoms with van der Waals surface area (Å²) >= 11 is 0. The van der Waals surface area contributed by atoms with E-state index in [1.165, 1.54) is 42.5 Å². The Balaban J connectivity index is 1.53. The molecule has 0 radical (unpaired) electrons. The molecule has 3 aromatic carbocycles. The van der Waals surface area contributed by atoms with Crippen LogP contribution in [-0.2, 0) is 16.0 Å². The minimum absolute atomic E-state index is 0.0880. The van der Waals surface area contributed by atoms with Crippen molar-refractivity contribution in [1.82, 2.24) is 4.90 Å². The largest absolute Gasteiger partial charge is 0.504 e. The second-order valence-electron chi connectivity index (χ2n) is 8.29. The highest BCUT2D eigenvalue weighted by Gasteiger charge is 2.57. The molecule has 3 aromatic rings. The van der Waals surface area contributed by atoms with Gasteiger partial charge in [0, 0.05) is 12.1 Å². The quantitative estimate of drug-likeness (QED) is 0.550. The summed E-state index contributed by atoms with van der Waals surface area (Å²) in [4.78, 5) is 28.1. The fourth-order valence-corrected chi connectivity index (χ4v) is 4.53. The number of halogens is 2. The van der Waals surface area contributed by atoms with E-state index in [-0.39, 0.29) is 35.1 Å². The zero-order valence-electron chi connectivity index (χ0n) is 18.7. The molecule has 2 amide bonds. The Morgan fingerprint density at radius 2 is 1.71 bits per heavy atom. The van der Waals surface area contributed by atoms with Gasteiger partial charge in [0.05, 0.1) is 18.5 Å². The first kappa shape index (κ1) is 22.5. The molecule has 7 nitrogen and oxygen atoms in total. The zero-order chi connectivity index (χ0) is 24.7. The first-order valence-corrected chi connectivity index (χ1v) is 11.0. The summed E-state index contributed by atoms with van der Waals surface area (Å²) in [5, 5.41) is 16.6. The normalized spacial score (nSPS) is 19.2. The summed E-state index contributed by atoms with van der Waals surface area (Å²) < 4.78 is 32.4. The number of hydrogen-bond acceptors (Lipinski definition) is 6. The summed E-state index contributed by atoms with van der Waals surface area (Å²) in [7, 11) is 1.40. The number of benzene rings is 3. The van der Waals surface area contributed by atoms with Crippen molar-refractivity contribution in [1.29, 1.82) is 0 Å². The minimum atomic E-state index is -1.03. The van der Waals surface area contributed by atoms with Gasteiger partial charge in [-0.1, -0.05) is 24.3 Å². The van der Waals surface area contributed by atoms with Crippen molar-refractivity contribution >= 4 is 23.2 Å². The standard InChI is InChI=1S/C26H21F2N3O4/c1-35-20-7-3-6-19(24(20)32)22-21-23(31(29-22)18-5-2-4-17(28)14-18)26(34)30(25(21)33)13-12-15-8-10-16(27)11-9-15/h2-11,14,21,23,32H,12-13H2,1H3. The van der Waals surface area contributed by atoms with E-state index in [9.17, 15) is 23.5 Å². The molecule has 0 bridgehead atoms. The molecule has 5 rings (SSSR count). The van der Waals surface area contributed by atoms with Crippen LogP contribution in [0.3, 0.4) is 0 Å². The molecule has 0 aromatic heterocycles. The number of phenols is 1. The number of hydrogen-bond donors (Lipinski definition) is 1. The third kappa shape index (κ3) is 3.88. The van der Waals surface area contributed by atoms with Crippen molar-refractivity contribution in [3.05, 3.63) is 89.5 Å². The van der Waals surface area contributed by atoms with Crippen LogP contribution in [0.4, 0.5) is 14.5 Å². The summed E-state index contributed by atoms with van der Waals surface area (Å²) in [6.07, 6.45) is 0.341. The van der Waals surface area contributed by atoms with E-state index >= 15 is 0 Å². The van der Waals surface area contributed by atoms with Crippen molar-refractivity contribution in [2.24, 2.45) is 11.0 Å². The van der Waals surface area contributed by atoms with Crippen LogP contribution < -0.4 is 9.75 Å². The Kier molecular flexibility index (Phi) is 5.68. The summed E-state index contributed by atoms with van der Waals surface area (Å²) in [5.41, 5.74) is 1.52. The van der Waals surface area contributed by atoms with Crippen LogP contribution in [0.1, 0.15) is 11.1 Å². The van der Waals surface area contributed by atoms with Crippen molar-refractivity contribution in [3.63, 3.8) is 0 Å². The number of likely N-dealkylation sites (tertiary alicyclic amines) is 1. The molecule has 1 saturated heterocycles. The fraction of sp³-hybridized carbons (Fsp3) is 0.192. The highest BCUT2D eigenvalue weighted by molar-refractivity contribution is 6.26. The van der Waals surface area contributed by atoms with Gasteiger partial charge in [0.15, 0.2) is 11.5 Å².